The molecular formula is C14H19N3O5. The normalized spacial score (nSPS) is 14.7. The predicted octanol–water partition coefficient (Wildman–Crippen LogP) is 0.673. The Balaban J connectivity index is 2.07. The van der Waals surface area contributed by atoms with Gasteiger partial charge in [-0.25, -0.2) is 0 Å². The number of hydrogen-bond acceptors (Lipinski definition) is 6. The van der Waals surface area contributed by atoms with Crippen molar-refractivity contribution in [1.82, 2.24) is 10.2 Å². The van der Waals surface area contributed by atoms with E-state index < -0.39 is 16.4 Å². The largest absolute Gasteiger partial charge is 0.500 e. The molecule has 2 N–H and O–H groups in total. The number of phenols is 1. The van der Waals surface area contributed by atoms with Crippen molar-refractivity contribution in [3.8, 4) is 11.5 Å². The number of amides is 1. The number of piperazine rings is 1. The van der Waals surface area contributed by atoms with Gasteiger partial charge in [0, 0.05) is 38.7 Å². The maximum atomic E-state index is 12.1. The Labute approximate surface area is 127 Å². The molecule has 1 fully saturated rings. The summed E-state index contributed by atoms with van der Waals surface area (Å²) in [4.78, 5) is 24.1. The molecule has 0 bridgehead atoms. The molecule has 0 radical (unpaired) electrons. The lowest BCUT2D eigenvalue weighted by molar-refractivity contribution is -0.386. The number of ether oxygens (including phenoxy) is 1. The number of aromatic hydroxyl groups is 1. The molecule has 8 heteroatoms. The molecular weight excluding hydrogens is 290 g/mol. The molecule has 2 rings (SSSR count). The molecule has 1 aromatic rings. The van der Waals surface area contributed by atoms with E-state index in [2.05, 4.69) is 5.32 Å². The van der Waals surface area contributed by atoms with Crippen LogP contribution in [0.5, 0.6) is 11.5 Å². The van der Waals surface area contributed by atoms with Crippen LogP contribution in [-0.2, 0) is 11.2 Å². The van der Waals surface area contributed by atoms with Crippen molar-refractivity contribution in [2.45, 2.75) is 12.8 Å². The van der Waals surface area contributed by atoms with E-state index in [4.69, 9.17) is 4.74 Å². The summed E-state index contributed by atoms with van der Waals surface area (Å²) in [6.45, 7) is 2.92. The van der Waals surface area contributed by atoms with Crippen LogP contribution in [0.25, 0.3) is 0 Å². The van der Waals surface area contributed by atoms with Crippen LogP contribution in [0.1, 0.15) is 12.0 Å². The highest BCUT2D eigenvalue weighted by molar-refractivity contribution is 5.76. The van der Waals surface area contributed by atoms with Gasteiger partial charge in [0.2, 0.25) is 11.7 Å². The number of nitro benzene ring substituents is 1. The molecule has 1 aromatic carbocycles. The van der Waals surface area contributed by atoms with Gasteiger partial charge >= 0.3 is 5.69 Å². The zero-order chi connectivity index (χ0) is 16.1. The van der Waals surface area contributed by atoms with Crippen LogP contribution < -0.4 is 10.1 Å². The van der Waals surface area contributed by atoms with Gasteiger partial charge in [-0.2, -0.15) is 0 Å². The van der Waals surface area contributed by atoms with Crippen molar-refractivity contribution in [3.63, 3.8) is 0 Å². The number of nitro groups is 1. The van der Waals surface area contributed by atoms with Crippen LogP contribution in [0, 0.1) is 10.1 Å². The predicted molar refractivity (Wildman–Crippen MR) is 79.1 cm³/mol. The van der Waals surface area contributed by atoms with Crippen LogP contribution >= 0.6 is 0 Å². The molecule has 0 atom stereocenters. The lowest BCUT2D eigenvalue weighted by Crippen LogP contribution is -2.46. The highest BCUT2D eigenvalue weighted by Crippen LogP contribution is 2.37. The Morgan fingerprint density at radius 2 is 2.14 bits per heavy atom. The SMILES string of the molecule is COc1cc(CCC(=O)N2CCNCC2)cc([N+](=O)[O-])c1O. The minimum absolute atomic E-state index is 0.0243. The van der Waals surface area contributed by atoms with Gasteiger partial charge in [-0.05, 0) is 18.1 Å². The number of methoxy groups -OCH3 is 1. The summed E-state index contributed by atoms with van der Waals surface area (Å²) in [5.41, 5.74) is 0.175. The van der Waals surface area contributed by atoms with E-state index in [1.807, 2.05) is 0 Å². The molecule has 120 valence electrons. The Bertz CT molecular complexity index is 570. The third-order valence-corrected chi connectivity index (χ3v) is 3.63. The van der Waals surface area contributed by atoms with E-state index in [9.17, 15) is 20.0 Å². The van der Waals surface area contributed by atoms with Crippen molar-refractivity contribution >= 4 is 11.6 Å². The first-order valence-corrected chi connectivity index (χ1v) is 7.05. The number of aryl methyl sites for hydroxylation is 1. The van der Waals surface area contributed by atoms with Gasteiger partial charge in [0.15, 0.2) is 5.75 Å². The quantitative estimate of drug-likeness (QED) is 0.612. The number of phenolic OH excluding ortho intramolecular Hbond substituents is 1. The summed E-state index contributed by atoms with van der Waals surface area (Å²) >= 11 is 0. The van der Waals surface area contributed by atoms with Gasteiger partial charge in [-0.1, -0.05) is 0 Å². The molecule has 1 aliphatic heterocycles. The van der Waals surface area contributed by atoms with E-state index in [0.29, 0.717) is 25.1 Å². The van der Waals surface area contributed by atoms with Gasteiger partial charge < -0.3 is 20.1 Å². The molecule has 0 aromatic heterocycles. The first kappa shape index (κ1) is 16.0. The number of rotatable bonds is 5. The van der Waals surface area contributed by atoms with E-state index in [1.54, 1.807) is 4.90 Å². The Morgan fingerprint density at radius 1 is 1.45 bits per heavy atom. The van der Waals surface area contributed by atoms with Crippen LogP contribution in [0.4, 0.5) is 5.69 Å². The van der Waals surface area contributed by atoms with Crippen molar-refractivity contribution in [2.75, 3.05) is 33.3 Å². The highest BCUT2D eigenvalue weighted by atomic mass is 16.6. The van der Waals surface area contributed by atoms with E-state index in [1.165, 1.54) is 19.2 Å². The minimum Gasteiger partial charge on any atom is -0.500 e. The number of benzene rings is 1. The summed E-state index contributed by atoms with van der Waals surface area (Å²) in [5, 5.41) is 23.8. The zero-order valence-corrected chi connectivity index (χ0v) is 12.4. The summed E-state index contributed by atoms with van der Waals surface area (Å²) < 4.78 is 4.94. The molecule has 8 nitrogen and oxygen atoms in total. The van der Waals surface area contributed by atoms with E-state index in [-0.39, 0.29) is 18.1 Å². The second-order valence-corrected chi connectivity index (χ2v) is 5.05. The van der Waals surface area contributed by atoms with Gasteiger partial charge in [-0.3, -0.25) is 14.9 Å². The number of carbonyl (C=O) groups is 1. The van der Waals surface area contributed by atoms with Crippen molar-refractivity contribution < 1.29 is 19.6 Å². The highest BCUT2D eigenvalue weighted by Gasteiger charge is 2.21. The molecule has 0 unspecified atom stereocenters. The van der Waals surface area contributed by atoms with Crippen LogP contribution in [0.15, 0.2) is 12.1 Å². The molecule has 1 heterocycles. The molecule has 1 saturated heterocycles. The summed E-state index contributed by atoms with van der Waals surface area (Å²) in [6, 6.07) is 2.80. The molecule has 1 amide bonds. The summed E-state index contributed by atoms with van der Waals surface area (Å²) in [6.07, 6.45) is 0.630. The number of nitrogens with zero attached hydrogens (tertiary/aromatic N) is 2. The van der Waals surface area contributed by atoms with Gasteiger partial charge in [0.1, 0.15) is 0 Å². The smallest absolute Gasteiger partial charge is 0.314 e. The maximum absolute atomic E-state index is 12.1. The molecule has 22 heavy (non-hydrogen) atoms. The fraction of sp³-hybridized carbons (Fsp3) is 0.500. The number of carbonyl (C=O) groups excluding carboxylic acids is 1. The van der Waals surface area contributed by atoms with Crippen LogP contribution in [-0.4, -0.2) is 54.1 Å². The summed E-state index contributed by atoms with van der Waals surface area (Å²) in [7, 11) is 1.33. The first-order chi connectivity index (χ1) is 10.5. The molecule has 0 aliphatic carbocycles. The maximum Gasteiger partial charge on any atom is 0.314 e. The van der Waals surface area contributed by atoms with Crippen molar-refractivity contribution in [3.05, 3.63) is 27.8 Å². The van der Waals surface area contributed by atoms with Crippen molar-refractivity contribution in [1.29, 1.82) is 0 Å². The van der Waals surface area contributed by atoms with Gasteiger partial charge in [-0.15, -0.1) is 0 Å². The Kier molecular flexibility index (Phi) is 5.16. The average molecular weight is 309 g/mol. The average Bonchev–Trinajstić information content (AvgIpc) is 2.54. The van der Waals surface area contributed by atoms with Crippen LogP contribution in [0.3, 0.4) is 0 Å². The summed E-state index contributed by atoms with van der Waals surface area (Å²) in [5.74, 6) is -0.431. The van der Waals surface area contributed by atoms with E-state index in [0.717, 1.165) is 13.1 Å². The fourth-order valence-electron chi connectivity index (χ4n) is 2.41. The lowest BCUT2D eigenvalue weighted by Gasteiger charge is -2.27. The lowest BCUT2D eigenvalue weighted by atomic mass is 10.1. The third-order valence-electron chi connectivity index (χ3n) is 3.63. The minimum atomic E-state index is -0.667. The molecule has 0 spiro atoms. The van der Waals surface area contributed by atoms with Crippen molar-refractivity contribution in [2.24, 2.45) is 0 Å². The van der Waals surface area contributed by atoms with E-state index >= 15 is 0 Å². The Hall–Kier alpha value is -2.35. The molecule has 1 aliphatic rings. The number of hydrogen-bond donors (Lipinski definition) is 2. The molecule has 0 saturated carbocycles. The van der Waals surface area contributed by atoms with Gasteiger partial charge in [0.05, 0.1) is 12.0 Å². The zero-order valence-electron chi connectivity index (χ0n) is 12.4. The number of nitrogens with one attached hydrogen (secondary N) is 1. The Morgan fingerprint density at radius 3 is 2.73 bits per heavy atom. The van der Waals surface area contributed by atoms with Crippen LogP contribution in [0.2, 0.25) is 0 Å². The second-order valence-electron chi connectivity index (χ2n) is 5.05. The second kappa shape index (κ2) is 7.08. The standard InChI is InChI=1S/C14H19N3O5/c1-22-12-9-10(8-11(14(12)19)17(20)21)2-3-13(18)16-6-4-15-5-7-16/h8-9,15,19H,2-7H2,1H3. The van der Waals surface area contributed by atoms with Gasteiger partial charge in [0.25, 0.3) is 0 Å². The fourth-order valence-corrected chi connectivity index (χ4v) is 2.41. The third kappa shape index (κ3) is 3.64. The topological polar surface area (TPSA) is 105 Å². The monoisotopic (exact) mass is 309 g/mol. The first-order valence-electron chi connectivity index (χ1n) is 7.05.